The fourth-order valence-corrected chi connectivity index (χ4v) is 0.598. The van der Waals surface area contributed by atoms with Crippen molar-refractivity contribution in [3.05, 3.63) is 12.3 Å². The van der Waals surface area contributed by atoms with Gasteiger partial charge in [-0.25, -0.2) is 0 Å². The van der Waals surface area contributed by atoms with Crippen LogP contribution in [0.4, 0.5) is 0 Å². The number of hydrogen-bond donors (Lipinski definition) is 0. The predicted octanol–water partition coefficient (Wildman–Crippen LogP) is 3.12. The first-order chi connectivity index (χ1) is 4.91. The molecule has 0 aliphatic rings. The Morgan fingerprint density at radius 2 is 2.00 bits per heavy atom. The first kappa shape index (κ1) is 9.54. The molecular formula is C9H18O. The molecular weight excluding hydrogens is 124 g/mol. The third-order valence-electron chi connectivity index (χ3n) is 1.26. The van der Waals surface area contributed by atoms with E-state index >= 15 is 0 Å². The fraction of sp³-hybridized carbons (Fsp3) is 0.778. The molecule has 0 rings (SSSR count). The molecule has 0 N–H and O–H groups in total. The van der Waals surface area contributed by atoms with Gasteiger partial charge in [-0.3, -0.25) is 0 Å². The number of rotatable bonds is 6. The van der Waals surface area contributed by atoms with Crippen LogP contribution in [-0.4, -0.2) is 6.61 Å². The van der Waals surface area contributed by atoms with Gasteiger partial charge in [0, 0.05) is 0 Å². The van der Waals surface area contributed by atoms with Gasteiger partial charge < -0.3 is 4.74 Å². The highest BCUT2D eigenvalue weighted by molar-refractivity contribution is 4.71. The molecule has 0 fully saturated rings. The lowest BCUT2D eigenvalue weighted by Gasteiger charge is -1.96. The summed E-state index contributed by atoms with van der Waals surface area (Å²) < 4.78 is 5.20. The summed E-state index contributed by atoms with van der Waals surface area (Å²) in [5.74, 6) is 0. The van der Waals surface area contributed by atoms with E-state index in [0.717, 1.165) is 19.4 Å². The van der Waals surface area contributed by atoms with E-state index in [1.165, 1.54) is 12.8 Å². The van der Waals surface area contributed by atoms with Gasteiger partial charge in [0.2, 0.25) is 0 Å². The van der Waals surface area contributed by atoms with E-state index in [-0.39, 0.29) is 0 Å². The lowest BCUT2D eigenvalue weighted by molar-refractivity contribution is 0.242. The van der Waals surface area contributed by atoms with E-state index in [0.29, 0.717) is 0 Å². The van der Waals surface area contributed by atoms with E-state index in [9.17, 15) is 0 Å². The summed E-state index contributed by atoms with van der Waals surface area (Å²) in [4.78, 5) is 0. The monoisotopic (exact) mass is 142 g/mol. The van der Waals surface area contributed by atoms with Gasteiger partial charge in [-0.15, -0.1) is 0 Å². The minimum Gasteiger partial charge on any atom is -0.502 e. The molecule has 0 aromatic heterocycles. The second-order valence-corrected chi connectivity index (χ2v) is 2.38. The van der Waals surface area contributed by atoms with Gasteiger partial charge in [0.25, 0.3) is 0 Å². The second-order valence-electron chi connectivity index (χ2n) is 2.38. The SMILES string of the molecule is CCCC=COCCCC. The Balaban J connectivity index is 2.88. The normalized spacial score (nSPS) is 10.6. The Kier molecular flexibility index (Phi) is 8.15. The van der Waals surface area contributed by atoms with Gasteiger partial charge in [-0.05, 0) is 18.9 Å². The van der Waals surface area contributed by atoms with E-state index in [4.69, 9.17) is 4.74 Å². The first-order valence-electron chi connectivity index (χ1n) is 4.18. The minimum atomic E-state index is 0.872. The molecule has 1 nitrogen and oxygen atoms in total. The van der Waals surface area contributed by atoms with Crippen LogP contribution in [0.25, 0.3) is 0 Å². The third-order valence-corrected chi connectivity index (χ3v) is 1.26. The zero-order valence-electron chi connectivity index (χ0n) is 7.10. The molecule has 0 saturated heterocycles. The summed E-state index contributed by atoms with van der Waals surface area (Å²) in [5, 5.41) is 0. The predicted molar refractivity (Wildman–Crippen MR) is 44.9 cm³/mol. The summed E-state index contributed by atoms with van der Waals surface area (Å²) in [6.07, 6.45) is 8.60. The first-order valence-corrected chi connectivity index (χ1v) is 4.18. The Morgan fingerprint density at radius 1 is 1.20 bits per heavy atom. The highest BCUT2D eigenvalue weighted by Gasteiger charge is 1.79. The number of hydrogen-bond acceptors (Lipinski definition) is 1. The van der Waals surface area contributed by atoms with E-state index < -0.39 is 0 Å². The summed E-state index contributed by atoms with van der Waals surface area (Å²) in [7, 11) is 0. The van der Waals surface area contributed by atoms with Crippen LogP contribution < -0.4 is 0 Å². The average Bonchev–Trinajstić information content (AvgIpc) is 1.97. The van der Waals surface area contributed by atoms with Gasteiger partial charge >= 0.3 is 0 Å². The Morgan fingerprint density at radius 3 is 2.60 bits per heavy atom. The van der Waals surface area contributed by atoms with Crippen molar-refractivity contribution in [3.63, 3.8) is 0 Å². The molecule has 0 atom stereocenters. The lowest BCUT2D eigenvalue weighted by atomic mass is 10.3. The molecule has 0 spiro atoms. The van der Waals surface area contributed by atoms with Gasteiger partial charge in [-0.1, -0.05) is 26.7 Å². The summed E-state index contributed by atoms with van der Waals surface area (Å²) in [5.41, 5.74) is 0. The average molecular weight is 142 g/mol. The van der Waals surface area contributed by atoms with Crippen molar-refractivity contribution in [3.8, 4) is 0 Å². The van der Waals surface area contributed by atoms with Crippen LogP contribution in [0.1, 0.15) is 39.5 Å². The van der Waals surface area contributed by atoms with Crippen molar-refractivity contribution in [2.75, 3.05) is 6.61 Å². The van der Waals surface area contributed by atoms with Gasteiger partial charge in [-0.2, -0.15) is 0 Å². The molecule has 0 saturated carbocycles. The molecule has 0 heterocycles. The summed E-state index contributed by atoms with van der Waals surface area (Å²) in [6, 6.07) is 0. The molecule has 0 bridgehead atoms. The van der Waals surface area contributed by atoms with Crippen molar-refractivity contribution in [1.29, 1.82) is 0 Å². The zero-order valence-corrected chi connectivity index (χ0v) is 7.10. The third kappa shape index (κ3) is 7.54. The van der Waals surface area contributed by atoms with Crippen molar-refractivity contribution in [1.82, 2.24) is 0 Å². The van der Waals surface area contributed by atoms with Crippen LogP contribution in [-0.2, 0) is 4.74 Å². The summed E-state index contributed by atoms with van der Waals surface area (Å²) >= 11 is 0. The highest BCUT2D eigenvalue weighted by atomic mass is 16.5. The van der Waals surface area contributed by atoms with Crippen LogP contribution in [0.5, 0.6) is 0 Å². The Labute approximate surface area is 64.1 Å². The van der Waals surface area contributed by atoms with Crippen LogP contribution in [0, 0.1) is 0 Å². The molecule has 60 valence electrons. The Hall–Kier alpha value is -0.460. The molecule has 0 radical (unpaired) electrons. The molecule has 10 heavy (non-hydrogen) atoms. The van der Waals surface area contributed by atoms with E-state index in [2.05, 4.69) is 19.9 Å². The zero-order chi connectivity index (χ0) is 7.66. The van der Waals surface area contributed by atoms with Crippen LogP contribution in [0.15, 0.2) is 12.3 Å². The van der Waals surface area contributed by atoms with Gasteiger partial charge in [0.15, 0.2) is 0 Å². The molecule has 0 amide bonds. The van der Waals surface area contributed by atoms with Crippen LogP contribution >= 0.6 is 0 Å². The maximum Gasteiger partial charge on any atom is 0.0873 e. The standard InChI is InChI=1S/C9H18O/c1-3-5-7-9-10-8-6-4-2/h7,9H,3-6,8H2,1-2H3. The van der Waals surface area contributed by atoms with Crippen molar-refractivity contribution >= 4 is 0 Å². The molecule has 0 unspecified atom stereocenters. The van der Waals surface area contributed by atoms with E-state index in [1.807, 2.05) is 6.26 Å². The maximum absolute atomic E-state index is 5.20. The maximum atomic E-state index is 5.20. The largest absolute Gasteiger partial charge is 0.502 e. The number of allylic oxidation sites excluding steroid dienone is 1. The minimum absolute atomic E-state index is 0.872. The molecule has 1 heteroatoms. The molecule has 0 aromatic rings. The second kappa shape index (κ2) is 8.54. The number of unbranched alkanes of at least 4 members (excludes halogenated alkanes) is 2. The van der Waals surface area contributed by atoms with Crippen molar-refractivity contribution in [2.24, 2.45) is 0 Å². The highest BCUT2D eigenvalue weighted by Crippen LogP contribution is 1.91. The van der Waals surface area contributed by atoms with Crippen LogP contribution in [0.3, 0.4) is 0 Å². The summed E-state index contributed by atoms with van der Waals surface area (Å²) in [6.45, 7) is 5.20. The van der Waals surface area contributed by atoms with Crippen molar-refractivity contribution in [2.45, 2.75) is 39.5 Å². The van der Waals surface area contributed by atoms with E-state index in [1.54, 1.807) is 0 Å². The lowest BCUT2D eigenvalue weighted by Crippen LogP contribution is -1.84. The van der Waals surface area contributed by atoms with Gasteiger partial charge in [0.1, 0.15) is 0 Å². The topological polar surface area (TPSA) is 9.23 Å². The number of ether oxygens (including phenoxy) is 1. The molecule has 0 aliphatic heterocycles. The van der Waals surface area contributed by atoms with Crippen LogP contribution in [0.2, 0.25) is 0 Å². The molecule has 0 aliphatic carbocycles. The van der Waals surface area contributed by atoms with Crippen molar-refractivity contribution < 1.29 is 4.74 Å². The smallest absolute Gasteiger partial charge is 0.0873 e. The molecule has 0 aromatic carbocycles. The Bertz CT molecular complexity index is 76.8. The fourth-order valence-electron chi connectivity index (χ4n) is 0.598. The quantitative estimate of drug-likeness (QED) is 0.409. The van der Waals surface area contributed by atoms with Gasteiger partial charge in [0.05, 0.1) is 12.9 Å².